The Morgan fingerprint density at radius 3 is 2.26 bits per heavy atom. The van der Waals surface area contributed by atoms with Crippen molar-refractivity contribution in [2.75, 3.05) is 36.4 Å². The summed E-state index contributed by atoms with van der Waals surface area (Å²) in [7, 11) is 0. The number of anilines is 2. The van der Waals surface area contributed by atoms with E-state index >= 15 is 0 Å². The largest absolute Gasteiger partial charge is 0.444 e. The summed E-state index contributed by atoms with van der Waals surface area (Å²) in [6, 6.07) is 1.41. The molecule has 0 unspecified atom stereocenters. The Morgan fingerprint density at radius 1 is 1.03 bits per heavy atom. The fourth-order valence-electron chi connectivity index (χ4n) is 4.19. The minimum absolute atomic E-state index is 0.107. The first kappa shape index (κ1) is 27.4. The highest BCUT2D eigenvalue weighted by Crippen LogP contribution is 2.46. The number of nitrogens with zero attached hydrogens (tertiary/aromatic N) is 5. The summed E-state index contributed by atoms with van der Waals surface area (Å²) in [5.74, 6) is -3.82. The van der Waals surface area contributed by atoms with E-state index in [0.29, 0.717) is 6.07 Å². The maximum atomic E-state index is 13.8. The van der Waals surface area contributed by atoms with Crippen molar-refractivity contribution in [2.24, 2.45) is 0 Å². The van der Waals surface area contributed by atoms with E-state index in [2.05, 4.69) is 20.3 Å². The van der Waals surface area contributed by atoms with Gasteiger partial charge in [0.2, 0.25) is 5.91 Å². The first-order chi connectivity index (χ1) is 17.5. The number of alkyl halides is 6. The third-order valence-corrected chi connectivity index (χ3v) is 5.91. The number of halogens is 6. The fourth-order valence-corrected chi connectivity index (χ4v) is 4.19. The maximum Gasteiger partial charge on any atom is 0.416 e. The number of hydrogen-bond acceptors (Lipinski definition) is 7. The highest BCUT2D eigenvalue weighted by atomic mass is 19.4. The maximum absolute atomic E-state index is 13.8. The molecule has 0 bridgehead atoms. The van der Waals surface area contributed by atoms with Crippen LogP contribution >= 0.6 is 0 Å². The van der Waals surface area contributed by atoms with E-state index in [9.17, 15) is 35.9 Å². The van der Waals surface area contributed by atoms with Crippen LogP contribution in [0.5, 0.6) is 0 Å². The van der Waals surface area contributed by atoms with Gasteiger partial charge in [-0.2, -0.15) is 26.3 Å². The number of carbonyl (C=O) groups is 2. The molecular formula is C23H24F6N6O3. The number of nitrogens with one attached hydrogen (secondary N) is 1. The minimum Gasteiger partial charge on any atom is -0.444 e. The van der Waals surface area contributed by atoms with Gasteiger partial charge in [-0.05, 0) is 32.9 Å². The van der Waals surface area contributed by atoms with Gasteiger partial charge in [0.05, 0.1) is 22.9 Å². The molecule has 2 aromatic heterocycles. The zero-order valence-electron chi connectivity index (χ0n) is 20.6. The van der Waals surface area contributed by atoms with E-state index in [4.69, 9.17) is 4.74 Å². The molecule has 1 atom stereocenters. The third-order valence-electron chi connectivity index (χ3n) is 5.91. The first-order valence-electron chi connectivity index (χ1n) is 11.6. The van der Waals surface area contributed by atoms with Gasteiger partial charge in [-0.3, -0.25) is 4.79 Å². The summed E-state index contributed by atoms with van der Waals surface area (Å²) in [5.41, 5.74) is -3.32. The second-order valence-electron chi connectivity index (χ2n) is 9.88. The van der Waals surface area contributed by atoms with Crippen molar-refractivity contribution in [2.45, 2.75) is 51.1 Å². The number of pyridine rings is 1. The average molecular weight is 546 g/mol. The number of piperazine rings is 1. The van der Waals surface area contributed by atoms with Crippen molar-refractivity contribution in [3.63, 3.8) is 0 Å². The number of hydrogen-bond donors (Lipinski definition) is 1. The van der Waals surface area contributed by atoms with Crippen LogP contribution < -0.4 is 10.2 Å². The normalized spacial score (nSPS) is 18.7. The van der Waals surface area contributed by atoms with Crippen LogP contribution in [0.15, 0.2) is 18.5 Å². The van der Waals surface area contributed by atoms with Gasteiger partial charge in [-0.1, -0.05) is 0 Å². The third kappa shape index (κ3) is 5.91. The Kier molecular flexibility index (Phi) is 6.91. The number of fused-ring (bicyclic) bond motifs is 1. The van der Waals surface area contributed by atoms with E-state index in [1.165, 1.54) is 9.80 Å². The molecule has 1 saturated heterocycles. The molecule has 4 heterocycles. The summed E-state index contributed by atoms with van der Waals surface area (Å²) in [5, 5.41) is 2.23. The summed E-state index contributed by atoms with van der Waals surface area (Å²) in [4.78, 5) is 38.9. The molecule has 2 amide bonds. The van der Waals surface area contributed by atoms with E-state index in [1.807, 2.05) is 0 Å². The highest BCUT2D eigenvalue weighted by molar-refractivity contribution is 5.95. The fraction of sp³-hybridized carbons (Fsp3) is 0.522. The molecule has 4 rings (SSSR count). The summed E-state index contributed by atoms with van der Waals surface area (Å²) >= 11 is 0. The number of rotatable bonds is 2. The zero-order chi connectivity index (χ0) is 28.0. The molecule has 1 fully saturated rings. The summed E-state index contributed by atoms with van der Waals surface area (Å²) in [6.45, 7) is 5.59. The molecule has 9 nitrogen and oxygen atoms in total. The Balaban J connectivity index is 1.72. The van der Waals surface area contributed by atoms with E-state index in [-0.39, 0.29) is 32.0 Å². The van der Waals surface area contributed by atoms with Crippen molar-refractivity contribution in [3.8, 4) is 11.4 Å². The van der Waals surface area contributed by atoms with Crippen LogP contribution in [-0.4, -0.2) is 69.8 Å². The van der Waals surface area contributed by atoms with Crippen LogP contribution in [0.1, 0.15) is 44.2 Å². The number of ether oxygens (including phenoxy) is 1. The Labute approximate surface area is 213 Å². The molecule has 2 aliphatic heterocycles. The topological polar surface area (TPSA) is 101 Å². The van der Waals surface area contributed by atoms with Crippen LogP contribution in [0.4, 0.5) is 42.8 Å². The predicted octanol–water partition coefficient (Wildman–Crippen LogP) is 4.60. The second kappa shape index (κ2) is 9.58. The molecule has 0 radical (unpaired) electrons. The highest BCUT2D eigenvalue weighted by Gasteiger charge is 2.47. The van der Waals surface area contributed by atoms with Crippen molar-refractivity contribution in [1.29, 1.82) is 0 Å². The predicted molar refractivity (Wildman–Crippen MR) is 122 cm³/mol. The summed E-state index contributed by atoms with van der Waals surface area (Å²) in [6.07, 6.45) is -10.4. The SMILES string of the molecule is CC(C)(C)OC(=O)N1CCN(c2cc(C(F)(F)F)cc(-c3ncnc4c3[C@@H](C(F)(F)F)CC(=O)N4)n2)CC1. The van der Waals surface area contributed by atoms with Gasteiger partial charge in [-0.15, -0.1) is 0 Å². The van der Waals surface area contributed by atoms with Gasteiger partial charge in [0.25, 0.3) is 0 Å². The molecule has 38 heavy (non-hydrogen) atoms. The van der Waals surface area contributed by atoms with Gasteiger partial charge < -0.3 is 19.9 Å². The second-order valence-corrected chi connectivity index (χ2v) is 9.88. The molecule has 206 valence electrons. The van der Waals surface area contributed by atoms with E-state index in [0.717, 1.165) is 12.4 Å². The lowest BCUT2D eigenvalue weighted by Gasteiger charge is -2.36. The van der Waals surface area contributed by atoms with Crippen LogP contribution in [0.25, 0.3) is 11.4 Å². The van der Waals surface area contributed by atoms with Gasteiger partial charge in [0, 0.05) is 38.2 Å². The monoisotopic (exact) mass is 546 g/mol. The number of amides is 2. The Hall–Kier alpha value is -3.65. The lowest BCUT2D eigenvalue weighted by Crippen LogP contribution is -2.50. The van der Waals surface area contributed by atoms with Crippen molar-refractivity contribution >= 4 is 23.6 Å². The lowest BCUT2D eigenvalue weighted by molar-refractivity contribution is -0.156. The Bertz CT molecular complexity index is 1240. The van der Waals surface area contributed by atoms with Gasteiger partial charge in [-0.25, -0.2) is 19.7 Å². The van der Waals surface area contributed by atoms with Crippen LogP contribution in [0.3, 0.4) is 0 Å². The van der Waals surface area contributed by atoms with E-state index < -0.39 is 70.6 Å². The van der Waals surface area contributed by atoms with Crippen LogP contribution in [0, 0.1) is 0 Å². The van der Waals surface area contributed by atoms with Crippen molar-refractivity contribution in [1.82, 2.24) is 19.9 Å². The molecule has 2 aromatic rings. The van der Waals surface area contributed by atoms with E-state index in [1.54, 1.807) is 20.8 Å². The molecule has 0 aliphatic carbocycles. The Morgan fingerprint density at radius 2 is 1.68 bits per heavy atom. The van der Waals surface area contributed by atoms with Gasteiger partial charge in [0.1, 0.15) is 23.6 Å². The molecule has 1 N–H and O–H groups in total. The molecule has 0 spiro atoms. The molecule has 0 saturated carbocycles. The zero-order valence-corrected chi connectivity index (χ0v) is 20.6. The van der Waals surface area contributed by atoms with Gasteiger partial charge in [0.15, 0.2) is 0 Å². The molecule has 15 heteroatoms. The van der Waals surface area contributed by atoms with Crippen LogP contribution in [0.2, 0.25) is 0 Å². The molecular weight excluding hydrogens is 522 g/mol. The molecule has 0 aromatic carbocycles. The quantitative estimate of drug-likeness (QED) is 0.550. The van der Waals surface area contributed by atoms with Crippen molar-refractivity contribution in [3.05, 3.63) is 29.6 Å². The first-order valence-corrected chi connectivity index (χ1v) is 11.6. The van der Waals surface area contributed by atoms with Crippen LogP contribution in [-0.2, 0) is 15.7 Å². The smallest absolute Gasteiger partial charge is 0.416 e. The number of aromatic nitrogens is 3. The minimum atomic E-state index is -4.88. The van der Waals surface area contributed by atoms with Gasteiger partial charge >= 0.3 is 18.4 Å². The summed E-state index contributed by atoms with van der Waals surface area (Å²) < 4.78 is 88.3. The lowest BCUT2D eigenvalue weighted by atomic mass is 9.89. The average Bonchev–Trinajstić information content (AvgIpc) is 2.80. The number of carbonyl (C=O) groups excluding carboxylic acids is 2. The molecule has 2 aliphatic rings. The van der Waals surface area contributed by atoms with Crippen molar-refractivity contribution < 1.29 is 40.7 Å². The standard InChI is InChI=1S/C23H24F6N6O3/c1-21(2,3)38-20(37)35-6-4-34(5-7-35)15-9-12(22(24,25)26)8-14(32-15)18-17-13(23(27,28)29)10-16(36)33-19(17)31-11-30-18/h8-9,11,13H,4-7,10H2,1-3H3,(H,30,31,33,36)/t13-/m0/s1.